The maximum absolute atomic E-state index is 12.7. The molecule has 2 aromatic carbocycles. The summed E-state index contributed by atoms with van der Waals surface area (Å²) in [6.07, 6.45) is 6.60. The summed E-state index contributed by atoms with van der Waals surface area (Å²) in [6, 6.07) is 14.3. The van der Waals surface area contributed by atoms with E-state index in [0.29, 0.717) is 5.56 Å². The molecule has 3 unspecified atom stereocenters. The molecule has 180 valence electrons. The minimum absolute atomic E-state index is 0.0134. The number of allylic oxidation sites excluding steroid dienone is 1. The van der Waals surface area contributed by atoms with Gasteiger partial charge in [0.15, 0.2) is 0 Å². The molecule has 0 spiro atoms. The number of esters is 1. The third kappa shape index (κ3) is 4.31. The van der Waals surface area contributed by atoms with Crippen molar-refractivity contribution in [3.8, 4) is 5.75 Å². The first-order valence-electron chi connectivity index (χ1n) is 12.4. The lowest BCUT2D eigenvalue weighted by Gasteiger charge is -2.41. The fourth-order valence-electron chi connectivity index (χ4n) is 5.33. The van der Waals surface area contributed by atoms with Crippen molar-refractivity contribution >= 4 is 11.7 Å². The van der Waals surface area contributed by atoms with Gasteiger partial charge in [-0.05, 0) is 57.5 Å². The van der Waals surface area contributed by atoms with Crippen molar-refractivity contribution in [3.63, 3.8) is 0 Å². The molecule has 2 aromatic rings. The fourth-order valence-corrected chi connectivity index (χ4v) is 5.33. The summed E-state index contributed by atoms with van der Waals surface area (Å²) in [6.45, 7) is 12.4. The van der Waals surface area contributed by atoms with E-state index in [9.17, 15) is 4.79 Å². The lowest BCUT2D eigenvalue weighted by atomic mass is 9.72. The Morgan fingerprint density at radius 2 is 1.65 bits per heavy atom. The number of anilines is 1. The number of carbonyl (C=O) groups excluding carboxylic acids is 1. The lowest BCUT2D eigenvalue weighted by molar-refractivity contribution is 0.0597. The van der Waals surface area contributed by atoms with Crippen molar-refractivity contribution in [3.05, 3.63) is 83.1 Å². The molecule has 0 bridgehead atoms. The van der Waals surface area contributed by atoms with Gasteiger partial charge in [-0.25, -0.2) is 4.79 Å². The van der Waals surface area contributed by atoms with Gasteiger partial charge in [0, 0.05) is 61.0 Å². The summed E-state index contributed by atoms with van der Waals surface area (Å²) in [7, 11) is 1.44. The molecule has 5 heteroatoms. The third-order valence-corrected chi connectivity index (χ3v) is 7.14. The van der Waals surface area contributed by atoms with E-state index in [2.05, 4.69) is 80.0 Å². The van der Waals surface area contributed by atoms with Crippen LogP contribution in [0.1, 0.15) is 55.1 Å². The van der Waals surface area contributed by atoms with E-state index in [1.165, 1.54) is 12.8 Å². The van der Waals surface area contributed by atoms with Gasteiger partial charge in [-0.15, -0.1) is 0 Å². The van der Waals surface area contributed by atoms with Crippen LogP contribution in [-0.4, -0.2) is 50.3 Å². The lowest BCUT2D eigenvalue weighted by Crippen LogP contribution is -2.38. The van der Waals surface area contributed by atoms with E-state index in [0.717, 1.165) is 48.7 Å². The topological polar surface area (TPSA) is 42.0 Å². The number of likely N-dealkylation sites (N-methyl/N-ethyl adjacent to an activating group) is 1. The summed E-state index contributed by atoms with van der Waals surface area (Å²) in [5, 5.41) is 0. The summed E-state index contributed by atoms with van der Waals surface area (Å²) >= 11 is 0. The molecule has 0 saturated heterocycles. The van der Waals surface area contributed by atoms with E-state index < -0.39 is 0 Å². The average Bonchev–Trinajstić information content (AvgIpc) is 2.88. The van der Waals surface area contributed by atoms with E-state index in [1.54, 1.807) is 0 Å². The second-order valence-corrected chi connectivity index (χ2v) is 8.73. The van der Waals surface area contributed by atoms with E-state index in [-0.39, 0.29) is 23.9 Å². The van der Waals surface area contributed by atoms with Crippen molar-refractivity contribution in [1.29, 1.82) is 0 Å². The van der Waals surface area contributed by atoms with Crippen molar-refractivity contribution < 1.29 is 14.3 Å². The van der Waals surface area contributed by atoms with Crippen LogP contribution in [-0.2, 0) is 4.74 Å². The van der Waals surface area contributed by atoms with Crippen molar-refractivity contribution in [2.24, 2.45) is 5.92 Å². The van der Waals surface area contributed by atoms with Gasteiger partial charge in [-0.3, -0.25) is 0 Å². The highest BCUT2D eigenvalue weighted by Gasteiger charge is 2.40. The summed E-state index contributed by atoms with van der Waals surface area (Å²) in [5.74, 6) is 0.650. The first-order chi connectivity index (χ1) is 16.6. The van der Waals surface area contributed by atoms with Gasteiger partial charge in [0.1, 0.15) is 11.9 Å². The Morgan fingerprint density at radius 1 is 0.941 bits per heavy atom. The second kappa shape index (κ2) is 10.4. The standard InChI is InChI=1S/C29H36N2O3/c1-6-30(7-2)20-14-16-24-26(18-20)34-27-19-21(31(8-3)9-4)15-17-25(27)28(24)22-12-10-11-13-23(22)29(32)33-5/h10-19,24,26,28H,6-9H2,1-5H3. The Balaban J connectivity index is 1.86. The van der Waals surface area contributed by atoms with Gasteiger partial charge >= 0.3 is 5.97 Å². The van der Waals surface area contributed by atoms with Crippen LogP contribution >= 0.6 is 0 Å². The van der Waals surface area contributed by atoms with Crippen LogP contribution in [0.15, 0.2) is 66.4 Å². The molecule has 1 aliphatic carbocycles. The number of hydrogen-bond acceptors (Lipinski definition) is 5. The largest absolute Gasteiger partial charge is 0.485 e. The Kier molecular flexibility index (Phi) is 7.30. The number of carbonyl (C=O) groups is 1. The quantitative estimate of drug-likeness (QED) is 0.478. The highest BCUT2D eigenvalue weighted by Crippen LogP contribution is 2.48. The van der Waals surface area contributed by atoms with Crippen molar-refractivity contribution in [1.82, 2.24) is 4.90 Å². The van der Waals surface area contributed by atoms with Crippen molar-refractivity contribution in [2.45, 2.75) is 39.7 Å². The Bertz CT molecular complexity index is 1080. The van der Waals surface area contributed by atoms with Crippen molar-refractivity contribution in [2.75, 3.05) is 38.2 Å². The molecule has 0 fully saturated rings. The summed E-state index contributed by atoms with van der Waals surface area (Å²) < 4.78 is 11.8. The monoisotopic (exact) mass is 460 g/mol. The molecule has 0 radical (unpaired) electrons. The Labute approximate surface area is 203 Å². The number of ether oxygens (including phenoxy) is 2. The molecule has 5 nitrogen and oxygen atoms in total. The first-order valence-corrected chi connectivity index (χ1v) is 12.4. The van der Waals surface area contributed by atoms with Gasteiger partial charge in [0.2, 0.25) is 0 Å². The van der Waals surface area contributed by atoms with Gasteiger partial charge < -0.3 is 19.3 Å². The zero-order valence-corrected chi connectivity index (χ0v) is 21.0. The fraction of sp³-hybridized carbons (Fsp3) is 0.414. The molecule has 0 amide bonds. The normalized spacial score (nSPS) is 20.5. The summed E-state index contributed by atoms with van der Waals surface area (Å²) in [4.78, 5) is 17.4. The second-order valence-electron chi connectivity index (χ2n) is 8.73. The van der Waals surface area contributed by atoms with Crippen LogP contribution in [0.25, 0.3) is 0 Å². The minimum atomic E-state index is -0.306. The number of hydrogen-bond donors (Lipinski definition) is 0. The highest BCUT2D eigenvalue weighted by atomic mass is 16.5. The van der Waals surface area contributed by atoms with E-state index >= 15 is 0 Å². The Hall–Kier alpha value is -3.21. The van der Waals surface area contributed by atoms with Gasteiger partial charge in [0.05, 0.1) is 12.7 Å². The van der Waals surface area contributed by atoms with Gasteiger partial charge in [-0.1, -0.05) is 30.3 Å². The smallest absolute Gasteiger partial charge is 0.338 e. The number of methoxy groups -OCH3 is 1. The molecule has 4 rings (SSSR count). The molecule has 3 atom stereocenters. The predicted octanol–water partition coefficient (Wildman–Crippen LogP) is 5.62. The molecule has 1 heterocycles. The molecule has 34 heavy (non-hydrogen) atoms. The van der Waals surface area contributed by atoms with Crippen LogP contribution in [0.4, 0.5) is 5.69 Å². The average molecular weight is 461 g/mol. The predicted molar refractivity (Wildman–Crippen MR) is 138 cm³/mol. The molecule has 1 aliphatic heterocycles. The Morgan fingerprint density at radius 3 is 2.32 bits per heavy atom. The van der Waals surface area contributed by atoms with E-state index in [1.807, 2.05) is 18.2 Å². The van der Waals surface area contributed by atoms with Crippen LogP contribution in [0.3, 0.4) is 0 Å². The van der Waals surface area contributed by atoms with Gasteiger partial charge in [-0.2, -0.15) is 0 Å². The summed E-state index contributed by atoms with van der Waals surface area (Å²) in [5.41, 5.74) is 5.05. The van der Waals surface area contributed by atoms with Crippen LogP contribution in [0.2, 0.25) is 0 Å². The van der Waals surface area contributed by atoms with Gasteiger partial charge in [0.25, 0.3) is 0 Å². The number of fused-ring (bicyclic) bond motifs is 2. The molecule has 2 aliphatic rings. The minimum Gasteiger partial charge on any atom is -0.485 e. The van der Waals surface area contributed by atoms with Crippen LogP contribution in [0, 0.1) is 5.92 Å². The molecular weight excluding hydrogens is 424 g/mol. The first kappa shape index (κ1) is 23.9. The third-order valence-electron chi connectivity index (χ3n) is 7.14. The van der Waals surface area contributed by atoms with Crippen LogP contribution < -0.4 is 9.64 Å². The van der Waals surface area contributed by atoms with Crippen LogP contribution in [0.5, 0.6) is 5.75 Å². The maximum Gasteiger partial charge on any atom is 0.338 e. The maximum atomic E-state index is 12.7. The molecular formula is C29H36N2O3. The molecule has 0 N–H and O–H groups in total. The highest BCUT2D eigenvalue weighted by molar-refractivity contribution is 5.91. The van der Waals surface area contributed by atoms with E-state index in [4.69, 9.17) is 9.47 Å². The zero-order valence-electron chi connectivity index (χ0n) is 21.0. The number of nitrogens with zero attached hydrogens (tertiary/aromatic N) is 2. The molecule has 0 saturated carbocycles. The molecule has 0 aromatic heterocycles. The number of benzene rings is 2. The number of rotatable bonds is 8. The zero-order chi connectivity index (χ0) is 24.2. The SMILES string of the molecule is CCN(CC)C1=CC2Oc3cc(N(CC)CC)ccc3C(c3ccccc3C(=O)OC)C2C=C1.